The fraction of sp³-hybridized carbons (Fsp3) is 0.290. The predicted octanol–water partition coefficient (Wildman–Crippen LogP) is 1.95. The third kappa shape index (κ3) is 9.38. The number of hydrogen-bond donors (Lipinski definition) is 4. The van der Waals surface area contributed by atoms with Crippen molar-refractivity contribution in [3.63, 3.8) is 0 Å². The largest absolute Gasteiger partial charge is 0.345 e. The summed E-state index contributed by atoms with van der Waals surface area (Å²) in [5.74, 6) is -3.65. The van der Waals surface area contributed by atoms with Crippen molar-refractivity contribution in [3.05, 3.63) is 102 Å². The minimum atomic E-state index is -1.10. The van der Waals surface area contributed by atoms with E-state index in [1.54, 1.807) is 68.7 Å². The van der Waals surface area contributed by atoms with Gasteiger partial charge in [0.05, 0.1) is 6.04 Å². The van der Waals surface area contributed by atoms with Crippen molar-refractivity contribution in [1.82, 2.24) is 26.3 Å². The van der Waals surface area contributed by atoms with Gasteiger partial charge in [-0.3, -0.25) is 29.0 Å². The zero-order valence-electron chi connectivity index (χ0n) is 23.3. The van der Waals surface area contributed by atoms with E-state index in [0.29, 0.717) is 5.56 Å². The van der Waals surface area contributed by atoms with Crippen LogP contribution in [0.3, 0.4) is 0 Å². The highest BCUT2D eigenvalue weighted by atomic mass is 16.2. The van der Waals surface area contributed by atoms with E-state index in [1.165, 1.54) is 6.92 Å². The summed E-state index contributed by atoms with van der Waals surface area (Å²) in [5.41, 5.74) is 1.98. The van der Waals surface area contributed by atoms with Crippen molar-refractivity contribution in [1.29, 1.82) is 0 Å². The Morgan fingerprint density at radius 1 is 0.707 bits per heavy atom. The highest BCUT2D eigenvalue weighted by Crippen LogP contribution is 2.08. The van der Waals surface area contributed by atoms with E-state index in [1.807, 2.05) is 30.3 Å². The molecule has 0 aliphatic rings. The number of hydrogen-bond acceptors (Lipinski definition) is 6. The van der Waals surface area contributed by atoms with Gasteiger partial charge in [-0.25, -0.2) is 0 Å². The summed E-state index contributed by atoms with van der Waals surface area (Å²) >= 11 is 0. The second-order valence-electron chi connectivity index (χ2n) is 9.94. The van der Waals surface area contributed by atoms with Gasteiger partial charge in [0.1, 0.15) is 12.1 Å². The molecule has 3 rings (SSSR count). The lowest BCUT2D eigenvalue weighted by molar-refractivity contribution is -0.141. The smallest absolute Gasteiger partial charge is 0.289 e. The monoisotopic (exact) mass is 557 g/mol. The molecule has 3 atom stereocenters. The van der Waals surface area contributed by atoms with Crippen LogP contribution in [0.5, 0.6) is 0 Å². The molecule has 3 aromatic rings. The molecule has 214 valence electrons. The van der Waals surface area contributed by atoms with Crippen LogP contribution in [0, 0.1) is 5.92 Å². The number of Topliss-reactive ketones (excluding diaryl/α,β-unsaturated/α-hetero) is 1. The Morgan fingerprint density at radius 2 is 1.32 bits per heavy atom. The van der Waals surface area contributed by atoms with Gasteiger partial charge in [-0.15, -0.1) is 0 Å². The SMILES string of the molecule is CC(C)C(NC(=O)[C@H](C)NC(=O)[C@H](Cc1ccccc1)NC(=O)c1ccccc1)C(=O)C(=O)NCc1ccncc1. The summed E-state index contributed by atoms with van der Waals surface area (Å²) in [6.45, 7) is 5.02. The van der Waals surface area contributed by atoms with Gasteiger partial charge >= 0.3 is 0 Å². The fourth-order valence-electron chi connectivity index (χ4n) is 3.99. The Labute approximate surface area is 239 Å². The van der Waals surface area contributed by atoms with E-state index in [9.17, 15) is 24.0 Å². The maximum atomic E-state index is 13.3. The maximum Gasteiger partial charge on any atom is 0.289 e. The van der Waals surface area contributed by atoms with Crippen molar-refractivity contribution in [2.24, 2.45) is 5.92 Å². The molecule has 4 amide bonds. The van der Waals surface area contributed by atoms with Gasteiger partial charge in [-0.1, -0.05) is 62.4 Å². The second kappa shape index (κ2) is 15.1. The van der Waals surface area contributed by atoms with Gasteiger partial charge in [0.25, 0.3) is 11.8 Å². The van der Waals surface area contributed by atoms with Gasteiger partial charge in [0.15, 0.2) is 0 Å². The molecule has 0 radical (unpaired) electrons. The van der Waals surface area contributed by atoms with Gasteiger partial charge in [0, 0.05) is 30.9 Å². The second-order valence-corrected chi connectivity index (χ2v) is 9.94. The third-order valence-corrected chi connectivity index (χ3v) is 6.37. The molecule has 10 nitrogen and oxygen atoms in total. The highest BCUT2D eigenvalue weighted by molar-refractivity contribution is 6.38. The van der Waals surface area contributed by atoms with Crippen LogP contribution < -0.4 is 21.3 Å². The van der Waals surface area contributed by atoms with Gasteiger partial charge in [-0.05, 0) is 48.2 Å². The highest BCUT2D eigenvalue weighted by Gasteiger charge is 2.32. The molecule has 41 heavy (non-hydrogen) atoms. The molecule has 4 N–H and O–H groups in total. The number of carbonyl (C=O) groups excluding carboxylic acids is 5. The minimum absolute atomic E-state index is 0.135. The molecule has 0 saturated heterocycles. The number of pyridine rings is 1. The lowest BCUT2D eigenvalue weighted by atomic mass is 9.98. The third-order valence-electron chi connectivity index (χ3n) is 6.37. The molecule has 0 saturated carbocycles. The first kappa shape index (κ1) is 30.7. The Kier molecular flexibility index (Phi) is 11.3. The van der Waals surface area contributed by atoms with Crippen LogP contribution >= 0.6 is 0 Å². The Bertz CT molecular complexity index is 1330. The predicted molar refractivity (Wildman–Crippen MR) is 153 cm³/mol. The number of carbonyl (C=O) groups is 5. The summed E-state index contributed by atoms with van der Waals surface area (Å²) in [4.78, 5) is 68.4. The average Bonchev–Trinajstić information content (AvgIpc) is 2.99. The number of aromatic nitrogens is 1. The summed E-state index contributed by atoms with van der Waals surface area (Å²) in [6, 6.07) is 18.0. The van der Waals surface area contributed by atoms with Gasteiger partial charge < -0.3 is 21.3 Å². The van der Waals surface area contributed by atoms with Crippen LogP contribution in [-0.4, -0.2) is 52.5 Å². The summed E-state index contributed by atoms with van der Waals surface area (Å²) in [6.07, 6.45) is 3.35. The molecule has 0 aliphatic heterocycles. The minimum Gasteiger partial charge on any atom is -0.345 e. The van der Waals surface area contributed by atoms with E-state index >= 15 is 0 Å². The van der Waals surface area contributed by atoms with Crippen molar-refractivity contribution in [2.75, 3.05) is 0 Å². The molecule has 0 aliphatic carbocycles. The molecule has 10 heteroatoms. The number of nitrogens with zero attached hydrogens (tertiary/aromatic N) is 1. The van der Waals surface area contributed by atoms with Crippen LogP contribution in [0.2, 0.25) is 0 Å². The molecule has 2 aromatic carbocycles. The zero-order chi connectivity index (χ0) is 29.8. The molecule has 1 aromatic heterocycles. The first-order valence-electron chi connectivity index (χ1n) is 13.4. The maximum absolute atomic E-state index is 13.3. The molecule has 1 unspecified atom stereocenters. The quantitative estimate of drug-likeness (QED) is 0.236. The first-order valence-corrected chi connectivity index (χ1v) is 13.4. The van der Waals surface area contributed by atoms with Crippen LogP contribution in [-0.2, 0) is 32.1 Å². The number of nitrogens with one attached hydrogen (secondary N) is 4. The first-order chi connectivity index (χ1) is 19.7. The Hall–Kier alpha value is -4.86. The average molecular weight is 558 g/mol. The molecule has 1 heterocycles. The number of benzene rings is 2. The number of amides is 4. The topological polar surface area (TPSA) is 146 Å². The normalized spacial score (nSPS) is 12.9. The van der Waals surface area contributed by atoms with E-state index in [4.69, 9.17) is 0 Å². The number of rotatable bonds is 13. The standard InChI is InChI=1S/C31H35N5O5/c1-20(2)26(27(37)31(41)33-19-23-14-16-32-17-15-23)36-28(38)21(3)34-30(40)25(18-22-10-6-4-7-11-22)35-29(39)24-12-8-5-9-13-24/h4-17,20-21,25-26H,18-19H2,1-3H3,(H,33,41)(H,34,40)(H,35,39)(H,36,38)/t21-,25-,26?/m0/s1. The van der Waals surface area contributed by atoms with Crippen molar-refractivity contribution in [2.45, 2.75) is 51.9 Å². The fourth-order valence-corrected chi connectivity index (χ4v) is 3.99. The van der Waals surface area contributed by atoms with Crippen molar-refractivity contribution < 1.29 is 24.0 Å². The van der Waals surface area contributed by atoms with Crippen LogP contribution in [0.1, 0.15) is 42.3 Å². The summed E-state index contributed by atoms with van der Waals surface area (Å²) in [7, 11) is 0. The zero-order valence-corrected chi connectivity index (χ0v) is 23.3. The van der Waals surface area contributed by atoms with Crippen molar-refractivity contribution >= 4 is 29.4 Å². The molecule has 0 bridgehead atoms. The molecular formula is C31H35N5O5. The molecule has 0 spiro atoms. The Balaban J connectivity index is 1.64. The Morgan fingerprint density at radius 3 is 1.93 bits per heavy atom. The summed E-state index contributed by atoms with van der Waals surface area (Å²) in [5, 5.41) is 10.5. The van der Waals surface area contributed by atoms with E-state index < -0.39 is 53.5 Å². The van der Waals surface area contributed by atoms with Crippen LogP contribution in [0.25, 0.3) is 0 Å². The summed E-state index contributed by atoms with van der Waals surface area (Å²) < 4.78 is 0. The van der Waals surface area contributed by atoms with Gasteiger partial charge in [0.2, 0.25) is 17.6 Å². The van der Waals surface area contributed by atoms with E-state index in [2.05, 4.69) is 26.3 Å². The van der Waals surface area contributed by atoms with Crippen LogP contribution in [0.15, 0.2) is 85.2 Å². The lowest BCUT2D eigenvalue weighted by Gasteiger charge is -2.25. The van der Waals surface area contributed by atoms with Gasteiger partial charge in [-0.2, -0.15) is 0 Å². The lowest BCUT2D eigenvalue weighted by Crippen LogP contribution is -2.57. The number of ketones is 1. The van der Waals surface area contributed by atoms with Crippen molar-refractivity contribution in [3.8, 4) is 0 Å². The van der Waals surface area contributed by atoms with E-state index in [-0.39, 0.29) is 13.0 Å². The molecular weight excluding hydrogens is 522 g/mol. The van der Waals surface area contributed by atoms with E-state index in [0.717, 1.165) is 11.1 Å². The van der Waals surface area contributed by atoms with Crippen LogP contribution in [0.4, 0.5) is 0 Å². The molecule has 0 fully saturated rings.